The van der Waals surface area contributed by atoms with Gasteiger partial charge in [-0.25, -0.2) is 0 Å². The van der Waals surface area contributed by atoms with Crippen molar-refractivity contribution < 1.29 is 19.8 Å². The van der Waals surface area contributed by atoms with E-state index in [1.54, 1.807) is 0 Å². The Morgan fingerprint density at radius 1 is 0.543 bits per heavy atom. The largest absolute Gasteiger partial charge is 0.395 e. The van der Waals surface area contributed by atoms with Gasteiger partial charge in [-0.15, -0.1) is 0 Å². The second-order valence-electron chi connectivity index (χ2n) is 9.79. The molecule has 0 unspecified atom stereocenters. The number of nitrogens with one attached hydrogen (secondary N) is 2. The van der Waals surface area contributed by atoms with E-state index in [4.69, 9.17) is 10.2 Å². The number of aliphatic hydroxyl groups is 2. The summed E-state index contributed by atoms with van der Waals surface area (Å²) < 4.78 is 0. The number of rotatable bonds is 27. The van der Waals surface area contributed by atoms with E-state index in [-0.39, 0.29) is 38.1 Å². The van der Waals surface area contributed by atoms with Crippen molar-refractivity contribution in [3.8, 4) is 0 Å². The second-order valence-corrected chi connectivity index (χ2v) is 9.79. The molecule has 0 aromatic carbocycles. The fourth-order valence-electron chi connectivity index (χ4n) is 4.31. The number of unbranched alkanes of at least 4 members (excludes halogenated alkanes) is 15. The number of aliphatic hydroxyl groups excluding tert-OH is 2. The van der Waals surface area contributed by atoms with Gasteiger partial charge < -0.3 is 25.7 Å². The molecule has 0 aromatic heterocycles. The smallest absolute Gasteiger partial charge is 0.221 e. The molecule has 0 aromatic rings. The zero-order valence-electron chi connectivity index (χ0n) is 22.8. The lowest BCUT2D eigenvalue weighted by atomic mass is 10.0. The Morgan fingerprint density at radius 3 is 1.23 bits per heavy atom. The highest BCUT2D eigenvalue weighted by molar-refractivity contribution is 5.76. The highest BCUT2D eigenvalue weighted by atomic mass is 16.3. The van der Waals surface area contributed by atoms with Crippen molar-refractivity contribution in [2.45, 2.75) is 122 Å². The monoisotopic (exact) mass is 499 g/mol. The van der Waals surface area contributed by atoms with Crippen LogP contribution in [-0.4, -0.2) is 72.9 Å². The summed E-state index contributed by atoms with van der Waals surface area (Å²) in [6.45, 7) is 4.84. The third-order valence-corrected chi connectivity index (χ3v) is 6.51. The van der Waals surface area contributed by atoms with Crippen LogP contribution in [0.5, 0.6) is 0 Å². The molecule has 7 heteroatoms. The van der Waals surface area contributed by atoms with E-state index in [2.05, 4.69) is 22.5 Å². The van der Waals surface area contributed by atoms with Crippen LogP contribution in [0.25, 0.3) is 0 Å². The normalized spacial score (nSPS) is 11.2. The second kappa shape index (κ2) is 27.4. The summed E-state index contributed by atoms with van der Waals surface area (Å²) in [4.78, 5) is 25.9. The van der Waals surface area contributed by atoms with Gasteiger partial charge in [0.15, 0.2) is 0 Å². The molecule has 208 valence electrons. The molecule has 0 aliphatic carbocycles. The zero-order valence-corrected chi connectivity index (χ0v) is 22.8. The number of carbonyl (C=O) groups is 2. The van der Waals surface area contributed by atoms with Gasteiger partial charge in [0.05, 0.1) is 13.2 Å². The van der Waals surface area contributed by atoms with Gasteiger partial charge in [-0.1, -0.05) is 103 Å². The van der Waals surface area contributed by atoms with Crippen molar-refractivity contribution in [3.63, 3.8) is 0 Å². The van der Waals surface area contributed by atoms with Crippen molar-refractivity contribution in [2.24, 2.45) is 0 Å². The Kier molecular flexibility index (Phi) is 26.5. The molecule has 7 nitrogen and oxygen atoms in total. The maximum atomic E-state index is 11.9. The Bertz CT molecular complexity index is 453. The van der Waals surface area contributed by atoms with E-state index in [0.717, 1.165) is 13.0 Å². The number of hydrogen-bond donors (Lipinski definition) is 4. The molecule has 0 bridgehead atoms. The molecule has 0 aliphatic rings. The van der Waals surface area contributed by atoms with Gasteiger partial charge in [-0.05, 0) is 13.0 Å². The molecule has 0 spiro atoms. The van der Waals surface area contributed by atoms with E-state index >= 15 is 0 Å². The summed E-state index contributed by atoms with van der Waals surface area (Å²) in [5.74, 6) is -0.137. The zero-order chi connectivity index (χ0) is 25.8. The summed E-state index contributed by atoms with van der Waals surface area (Å²) in [5, 5.41) is 23.0. The lowest BCUT2D eigenvalue weighted by molar-refractivity contribution is -0.121. The Hall–Kier alpha value is -1.18. The first-order valence-corrected chi connectivity index (χ1v) is 14.6. The predicted molar refractivity (Wildman–Crippen MR) is 145 cm³/mol. The van der Waals surface area contributed by atoms with Gasteiger partial charge in [0.2, 0.25) is 11.8 Å². The molecule has 0 saturated heterocycles. The minimum absolute atomic E-state index is 0.0559. The van der Waals surface area contributed by atoms with E-state index in [0.29, 0.717) is 25.9 Å². The lowest BCUT2D eigenvalue weighted by Crippen LogP contribution is -2.35. The molecule has 2 amide bonds. The summed E-state index contributed by atoms with van der Waals surface area (Å²) in [7, 11) is 0. The predicted octanol–water partition coefficient (Wildman–Crippen LogP) is 4.55. The molecule has 4 N–H and O–H groups in total. The first-order valence-electron chi connectivity index (χ1n) is 14.6. The highest BCUT2D eigenvalue weighted by Gasteiger charge is 2.10. The number of amides is 2. The van der Waals surface area contributed by atoms with Crippen LogP contribution in [0.4, 0.5) is 0 Å². The van der Waals surface area contributed by atoms with Crippen LogP contribution in [0.3, 0.4) is 0 Å². The van der Waals surface area contributed by atoms with Crippen molar-refractivity contribution in [2.75, 3.05) is 45.9 Å². The molecule has 0 heterocycles. The van der Waals surface area contributed by atoms with Crippen LogP contribution in [0, 0.1) is 0 Å². The first kappa shape index (κ1) is 33.8. The fourth-order valence-corrected chi connectivity index (χ4v) is 4.31. The number of carbonyl (C=O) groups excluding carboxylic acids is 2. The van der Waals surface area contributed by atoms with Gasteiger partial charge in [0.25, 0.3) is 0 Å². The number of hydrogen-bond acceptors (Lipinski definition) is 5. The Morgan fingerprint density at radius 2 is 0.886 bits per heavy atom. The van der Waals surface area contributed by atoms with E-state index in [1.165, 1.54) is 96.3 Å². The summed E-state index contributed by atoms with van der Waals surface area (Å²) in [6.07, 6.45) is 22.2. The summed E-state index contributed by atoms with van der Waals surface area (Å²) in [6, 6.07) is 0. The topological polar surface area (TPSA) is 102 Å². The van der Waals surface area contributed by atoms with E-state index in [1.807, 2.05) is 0 Å². The summed E-state index contributed by atoms with van der Waals surface area (Å²) >= 11 is 0. The minimum Gasteiger partial charge on any atom is -0.395 e. The minimum atomic E-state index is -0.0687. The average Bonchev–Trinajstić information content (AvgIpc) is 2.86. The molecule has 35 heavy (non-hydrogen) atoms. The third-order valence-electron chi connectivity index (χ3n) is 6.51. The first-order chi connectivity index (χ1) is 17.1. The quantitative estimate of drug-likeness (QED) is 0.124. The van der Waals surface area contributed by atoms with Crippen LogP contribution >= 0.6 is 0 Å². The number of nitrogens with zero attached hydrogens (tertiary/aromatic N) is 1. The van der Waals surface area contributed by atoms with Crippen LogP contribution in [0.1, 0.15) is 122 Å². The molecular formula is C28H57N3O4. The standard InChI is InChI=1S/C28H57N3O4/c1-2-3-4-5-6-7-8-9-10-11-12-13-14-15-16-17-22-31(23-18-27(34)29-20-25-32)24-19-28(35)30-21-26-33/h32-33H,2-26H2,1H3,(H,29,34)(H,30,35). The molecule has 0 fully saturated rings. The van der Waals surface area contributed by atoms with Gasteiger partial charge in [-0.3, -0.25) is 9.59 Å². The van der Waals surface area contributed by atoms with Crippen molar-refractivity contribution in [1.29, 1.82) is 0 Å². The fraction of sp³-hybridized carbons (Fsp3) is 0.929. The van der Waals surface area contributed by atoms with Crippen molar-refractivity contribution >= 4 is 11.8 Å². The molecule has 0 saturated carbocycles. The molecule has 0 aliphatic heterocycles. The van der Waals surface area contributed by atoms with Gasteiger partial charge >= 0.3 is 0 Å². The lowest BCUT2D eigenvalue weighted by Gasteiger charge is -2.22. The van der Waals surface area contributed by atoms with Gasteiger partial charge in [-0.2, -0.15) is 0 Å². The molecule has 0 rings (SSSR count). The summed E-state index contributed by atoms with van der Waals surface area (Å²) in [5.41, 5.74) is 0. The molecule has 0 radical (unpaired) electrons. The SMILES string of the molecule is CCCCCCCCCCCCCCCCCCN(CCC(=O)NCCO)CCC(=O)NCCO. The highest BCUT2D eigenvalue weighted by Crippen LogP contribution is 2.14. The molecule has 0 atom stereocenters. The van der Waals surface area contributed by atoms with E-state index < -0.39 is 0 Å². The average molecular weight is 500 g/mol. The van der Waals surface area contributed by atoms with Crippen LogP contribution in [0.2, 0.25) is 0 Å². The van der Waals surface area contributed by atoms with Crippen molar-refractivity contribution in [3.05, 3.63) is 0 Å². The maximum Gasteiger partial charge on any atom is 0.221 e. The molecular weight excluding hydrogens is 442 g/mol. The van der Waals surface area contributed by atoms with Crippen LogP contribution in [-0.2, 0) is 9.59 Å². The van der Waals surface area contributed by atoms with Crippen molar-refractivity contribution in [1.82, 2.24) is 15.5 Å². The maximum absolute atomic E-state index is 11.9. The Balaban J connectivity index is 3.79. The van der Waals surface area contributed by atoms with E-state index in [9.17, 15) is 9.59 Å². The van der Waals surface area contributed by atoms with Gasteiger partial charge in [0.1, 0.15) is 0 Å². The Labute approximate surface area is 215 Å². The van der Waals surface area contributed by atoms with Crippen LogP contribution < -0.4 is 10.6 Å². The van der Waals surface area contributed by atoms with Gasteiger partial charge in [0, 0.05) is 39.0 Å². The third kappa shape index (κ3) is 25.7. The van der Waals surface area contributed by atoms with Crippen LogP contribution in [0.15, 0.2) is 0 Å².